The van der Waals surface area contributed by atoms with Gasteiger partial charge in [-0.3, -0.25) is 0 Å². The highest BCUT2D eigenvalue weighted by molar-refractivity contribution is 5.70. The van der Waals surface area contributed by atoms with Crippen molar-refractivity contribution in [2.75, 3.05) is 29.9 Å². The van der Waals surface area contributed by atoms with Crippen LogP contribution in [0, 0.1) is 0 Å². The molecule has 0 aromatic heterocycles. The topological polar surface area (TPSA) is 24.5 Å². The summed E-state index contributed by atoms with van der Waals surface area (Å²) in [6.07, 6.45) is 5.24. The highest BCUT2D eigenvalue weighted by atomic mass is 16.5. The van der Waals surface area contributed by atoms with Gasteiger partial charge in [0.05, 0.1) is 17.5 Å². The molecule has 2 fully saturated rings. The number of para-hydroxylation sites is 2. The second-order valence-corrected chi connectivity index (χ2v) is 5.76. The summed E-state index contributed by atoms with van der Waals surface area (Å²) in [5.74, 6) is 0. The average molecular weight is 260 g/mol. The van der Waals surface area contributed by atoms with Crippen LogP contribution in [0.15, 0.2) is 24.3 Å². The zero-order chi connectivity index (χ0) is 13.1. The fourth-order valence-corrected chi connectivity index (χ4v) is 3.18. The van der Waals surface area contributed by atoms with E-state index in [1.807, 2.05) is 0 Å². The van der Waals surface area contributed by atoms with E-state index in [1.165, 1.54) is 37.3 Å². The van der Waals surface area contributed by atoms with E-state index in [2.05, 4.69) is 41.4 Å². The quantitative estimate of drug-likeness (QED) is 0.902. The molecule has 0 radical (unpaired) electrons. The predicted molar refractivity (Wildman–Crippen MR) is 79.9 cm³/mol. The van der Waals surface area contributed by atoms with Gasteiger partial charge in [0.2, 0.25) is 0 Å². The highest BCUT2D eigenvalue weighted by Gasteiger charge is 2.21. The molecule has 2 aliphatic rings. The number of nitrogens with one attached hydrogen (secondary N) is 1. The molecular weight excluding hydrogens is 236 g/mol. The second kappa shape index (κ2) is 5.83. The summed E-state index contributed by atoms with van der Waals surface area (Å²) >= 11 is 0. The van der Waals surface area contributed by atoms with Gasteiger partial charge in [-0.15, -0.1) is 0 Å². The Morgan fingerprint density at radius 1 is 1.21 bits per heavy atom. The lowest BCUT2D eigenvalue weighted by molar-refractivity contribution is 0.0232. The minimum atomic E-state index is 0.380. The summed E-state index contributed by atoms with van der Waals surface area (Å²) in [7, 11) is 0. The molecule has 3 nitrogen and oxygen atoms in total. The molecule has 2 unspecified atom stereocenters. The van der Waals surface area contributed by atoms with Gasteiger partial charge >= 0.3 is 0 Å². The van der Waals surface area contributed by atoms with Gasteiger partial charge in [-0.05, 0) is 44.7 Å². The van der Waals surface area contributed by atoms with Crippen molar-refractivity contribution in [1.82, 2.24) is 0 Å². The van der Waals surface area contributed by atoms with Gasteiger partial charge in [0, 0.05) is 25.7 Å². The van der Waals surface area contributed by atoms with Gasteiger partial charge in [-0.2, -0.15) is 0 Å². The van der Waals surface area contributed by atoms with E-state index in [-0.39, 0.29) is 0 Å². The predicted octanol–water partition coefficient (Wildman–Crippen LogP) is 3.27. The summed E-state index contributed by atoms with van der Waals surface area (Å²) in [4.78, 5) is 2.51. The van der Waals surface area contributed by atoms with Crippen LogP contribution in [0.3, 0.4) is 0 Å². The third-order valence-electron chi connectivity index (χ3n) is 4.20. The number of hydrogen-bond acceptors (Lipinski definition) is 3. The third kappa shape index (κ3) is 3.03. The number of ether oxygens (including phenoxy) is 1. The first-order valence-corrected chi connectivity index (χ1v) is 7.55. The van der Waals surface area contributed by atoms with E-state index in [0.29, 0.717) is 12.1 Å². The van der Waals surface area contributed by atoms with Gasteiger partial charge in [0.1, 0.15) is 0 Å². The average Bonchev–Trinajstić information content (AvgIpc) is 2.93. The largest absolute Gasteiger partial charge is 0.380 e. The molecule has 1 aromatic rings. The van der Waals surface area contributed by atoms with Crippen molar-refractivity contribution in [3.63, 3.8) is 0 Å². The monoisotopic (exact) mass is 260 g/mol. The molecule has 2 saturated heterocycles. The van der Waals surface area contributed by atoms with E-state index >= 15 is 0 Å². The SMILES string of the molecule is CC1CC(Nc2ccccc2N2CCCC2)CCO1. The lowest BCUT2D eigenvalue weighted by Gasteiger charge is -2.30. The van der Waals surface area contributed by atoms with E-state index < -0.39 is 0 Å². The van der Waals surface area contributed by atoms with Crippen molar-refractivity contribution in [3.8, 4) is 0 Å². The van der Waals surface area contributed by atoms with Gasteiger partial charge in [-0.25, -0.2) is 0 Å². The number of hydrogen-bond donors (Lipinski definition) is 1. The molecule has 2 aliphatic heterocycles. The molecule has 3 rings (SSSR count). The molecule has 2 atom stereocenters. The highest BCUT2D eigenvalue weighted by Crippen LogP contribution is 2.30. The number of nitrogens with zero attached hydrogens (tertiary/aromatic N) is 1. The first kappa shape index (κ1) is 12.8. The molecule has 3 heteroatoms. The van der Waals surface area contributed by atoms with Gasteiger partial charge in [-0.1, -0.05) is 12.1 Å². The molecule has 1 aromatic carbocycles. The Kier molecular flexibility index (Phi) is 3.92. The first-order valence-electron chi connectivity index (χ1n) is 7.55. The van der Waals surface area contributed by atoms with Crippen LogP contribution in [0.4, 0.5) is 11.4 Å². The summed E-state index contributed by atoms with van der Waals surface area (Å²) in [5, 5.41) is 3.74. The maximum atomic E-state index is 5.63. The zero-order valence-electron chi connectivity index (χ0n) is 11.8. The molecule has 0 saturated carbocycles. The molecular formula is C16H24N2O. The molecule has 0 bridgehead atoms. The lowest BCUT2D eigenvalue weighted by Crippen LogP contribution is -2.33. The Morgan fingerprint density at radius 2 is 2.00 bits per heavy atom. The van der Waals surface area contributed by atoms with Crippen molar-refractivity contribution in [2.24, 2.45) is 0 Å². The molecule has 19 heavy (non-hydrogen) atoms. The summed E-state index contributed by atoms with van der Waals surface area (Å²) in [6, 6.07) is 9.29. The fourth-order valence-electron chi connectivity index (χ4n) is 3.18. The molecule has 0 amide bonds. The minimum Gasteiger partial charge on any atom is -0.380 e. The van der Waals surface area contributed by atoms with E-state index in [1.54, 1.807) is 0 Å². The van der Waals surface area contributed by atoms with Crippen molar-refractivity contribution in [2.45, 2.75) is 44.8 Å². The Bertz CT molecular complexity index is 415. The minimum absolute atomic E-state index is 0.380. The third-order valence-corrected chi connectivity index (χ3v) is 4.20. The summed E-state index contributed by atoms with van der Waals surface area (Å²) in [6.45, 7) is 5.44. The Labute approximate surface area is 115 Å². The normalized spacial score (nSPS) is 27.5. The maximum Gasteiger partial charge on any atom is 0.0602 e. The van der Waals surface area contributed by atoms with Gasteiger partial charge < -0.3 is 15.0 Å². The van der Waals surface area contributed by atoms with Crippen LogP contribution < -0.4 is 10.2 Å². The van der Waals surface area contributed by atoms with Crippen molar-refractivity contribution in [1.29, 1.82) is 0 Å². The van der Waals surface area contributed by atoms with Crippen LogP contribution in [0.2, 0.25) is 0 Å². The van der Waals surface area contributed by atoms with E-state index in [4.69, 9.17) is 4.74 Å². The van der Waals surface area contributed by atoms with Crippen LogP contribution in [-0.2, 0) is 4.74 Å². The maximum absolute atomic E-state index is 5.63. The van der Waals surface area contributed by atoms with Crippen molar-refractivity contribution >= 4 is 11.4 Å². The van der Waals surface area contributed by atoms with Crippen LogP contribution in [-0.4, -0.2) is 31.8 Å². The fraction of sp³-hybridized carbons (Fsp3) is 0.625. The molecule has 2 heterocycles. The van der Waals surface area contributed by atoms with Gasteiger partial charge in [0.25, 0.3) is 0 Å². The van der Waals surface area contributed by atoms with E-state index in [9.17, 15) is 0 Å². The number of rotatable bonds is 3. The van der Waals surface area contributed by atoms with Gasteiger partial charge in [0.15, 0.2) is 0 Å². The Hall–Kier alpha value is -1.22. The zero-order valence-corrected chi connectivity index (χ0v) is 11.8. The van der Waals surface area contributed by atoms with Crippen LogP contribution >= 0.6 is 0 Å². The first-order chi connectivity index (χ1) is 9.33. The Morgan fingerprint density at radius 3 is 2.79 bits per heavy atom. The van der Waals surface area contributed by atoms with E-state index in [0.717, 1.165) is 19.4 Å². The molecule has 0 spiro atoms. The van der Waals surface area contributed by atoms with Crippen LogP contribution in [0.25, 0.3) is 0 Å². The lowest BCUT2D eigenvalue weighted by atomic mass is 10.0. The summed E-state index contributed by atoms with van der Waals surface area (Å²) < 4.78 is 5.63. The van der Waals surface area contributed by atoms with Crippen molar-refractivity contribution in [3.05, 3.63) is 24.3 Å². The smallest absolute Gasteiger partial charge is 0.0602 e. The second-order valence-electron chi connectivity index (χ2n) is 5.76. The number of benzene rings is 1. The summed E-state index contributed by atoms with van der Waals surface area (Å²) in [5.41, 5.74) is 2.67. The van der Waals surface area contributed by atoms with Crippen LogP contribution in [0.1, 0.15) is 32.6 Å². The Balaban J connectivity index is 1.72. The standard InChI is InChI=1S/C16H24N2O/c1-13-12-14(8-11-19-13)17-15-6-2-3-7-16(15)18-9-4-5-10-18/h2-3,6-7,13-14,17H,4-5,8-12H2,1H3. The number of anilines is 2. The van der Waals surface area contributed by atoms with Crippen molar-refractivity contribution < 1.29 is 4.74 Å². The van der Waals surface area contributed by atoms with Crippen LogP contribution in [0.5, 0.6) is 0 Å². The molecule has 0 aliphatic carbocycles. The molecule has 104 valence electrons. The molecule has 1 N–H and O–H groups in total.